The number of nitrogens with one attached hydrogen (secondary N) is 1. The van der Waals surface area contributed by atoms with Crippen LogP contribution < -0.4 is 5.32 Å². The van der Waals surface area contributed by atoms with Gasteiger partial charge in [0.25, 0.3) is 0 Å². The number of rotatable bonds is 9. The van der Waals surface area contributed by atoms with Crippen molar-refractivity contribution in [1.82, 2.24) is 15.2 Å². The number of hydrogen-bond acceptors (Lipinski definition) is 5. The second-order valence-electron chi connectivity index (χ2n) is 4.48. The maximum Gasteiger partial charge on any atom is 0.355 e. The molecule has 8 heteroatoms. The monoisotopic (exact) mass is 315 g/mol. The quantitative estimate of drug-likeness (QED) is 0.635. The average Bonchev–Trinajstić information content (AvgIpc) is 2.92. The maximum absolute atomic E-state index is 11.9. The van der Waals surface area contributed by atoms with Crippen molar-refractivity contribution in [1.29, 1.82) is 0 Å². The third-order valence-electron chi connectivity index (χ3n) is 2.82. The van der Waals surface area contributed by atoms with Gasteiger partial charge in [-0.1, -0.05) is 13.3 Å². The molecule has 1 rings (SSSR count). The Kier molecular flexibility index (Phi) is 7.70. The first-order valence-electron chi connectivity index (χ1n) is 6.89. The molecule has 0 saturated heterocycles. The van der Waals surface area contributed by atoms with Crippen molar-refractivity contribution in [3.05, 3.63) is 16.1 Å². The van der Waals surface area contributed by atoms with Gasteiger partial charge in [-0.15, -0.1) is 11.3 Å². The summed E-state index contributed by atoms with van der Waals surface area (Å²) in [7, 11) is 0. The fraction of sp³-hybridized carbons (Fsp3) is 0.615. The second-order valence-corrected chi connectivity index (χ2v) is 5.42. The molecule has 0 aliphatic heterocycles. The number of carboxylic acid groups (broad SMARTS) is 1. The molecule has 1 aromatic heterocycles. The Bertz CT molecular complexity index is 464. The number of urea groups is 1. The van der Waals surface area contributed by atoms with Crippen molar-refractivity contribution in [3.63, 3.8) is 0 Å². The highest BCUT2D eigenvalue weighted by molar-refractivity contribution is 7.09. The lowest BCUT2D eigenvalue weighted by molar-refractivity contribution is 0.0691. The topological polar surface area (TPSA) is 103 Å². The number of carboxylic acids is 1. The predicted molar refractivity (Wildman–Crippen MR) is 79.7 cm³/mol. The molecule has 2 amide bonds. The highest BCUT2D eigenvalue weighted by atomic mass is 32.1. The van der Waals surface area contributed by atoms with Crippen molar-refractivity contribution in [2.24, 2.45) is 0 Å². The summed E-state index contributed by atoms with van der Waals surface area (Å²) in [5.74, 6) is -1.05. The minimum Gasteiger partial charge on any atom is -0.476 e. The van der Waals surface area contributed by atoms with E-state index in [0.717, 1.165) is 12.8 Å². The Morgan fingerprint density at radius 3 is 2.76 bits per heavy atom. The summed E-state index contributed by atoms with van der Waals surface area (Å²) in [5.41, 5.74) is 0.0335. The number of carbonyl (C=O) groups excluding carboxylic acids is 1. The number of carbonyl (C=O) groups is 2. The fourth-order valence-corrected chi connectivity index (χ4v) is 2.47. The largest absolute Gasteiger partial charge is 0.476 e. The van der Waals surface area contributed by atoms with E-state index in [0.29, 0.717) is 31.1 Å². The van der Waals surface area contributed by atoms with E-state index in [2.05, 4.69) is 10.3 Å². The number of aromatic carboxylic acids is 1. The van der Waals surface area contributed by atoms with Crippen LogP contribution in [0.5, 0.6) is 0 Å². The number of unbranched alkanes of at least 4 members (excludes halogenated alkanes) is 1. The highest BCUT2D eigenvalue weighted by Crippen LogP contribution is 2.09. The Balaban J connectivity index is 2.37. The molecule has 1 heterocycles. The molecular formula is C13H21N3O4S. The van der Waals surface area contributed by atoms with Crippen LogP contribution >= 0.6 is 11.3 Å². The summed E-state index contributed by atoms with van der Waals surface area (Å²) in [5, 5.41) is 22.6. The first-order valence-corrected chi connectivity index (χ1v) is 7.77. The zero-order chi connectivity index (χ0) is 15.7. The molecule has 21 heavy (non-hydrogen) atoms. The first-order chi connectivity index (χ1) is 10.1. The minimum absolute atomic E-state index is 0.0335. The normalized spacial score (nSPS) is 10.4. The number of aromatic nitrogens is 1. The smallest absolute Gasteiger partial charge is 0.355 e. The minimum atomic E-state index is -1.05. The van der Waals surface area contributed by atoms with Gasteiger partial charge in [-0.05, 0) is 6.42 Å². The van der Waals surface area contributed by atoms with E-state index in [9.17, 15) is 9.59 Å². The van der Waals surface area contributed by atoms with Gasteiger partial charge in [-0.25, -0.2) is 14.6 Å². The lowest BCUT2D eigenvalue weighted by Crippen LogP contribution is -2.42. The van der Waals surface area contributed by atoms with E-state index in [1.807, 2.05) is 6.92 Å². The van der Waals surface area contributed by atoms with Crippen molar-refractivity contribution >= 4 is 23.3 Å². The van der Waals surface area contributed by atoms with Gasteiger partial charge >= 0.3 is 12.0 Å². The zero-order valence-corrected chi connectivity index (χ0v) is 12.9. The van der Waals surface area contributed by atoms with Crippen LogP contribution in [0.4, 0.5) is 4.79 Å². The van der Waals surface area contributed by atoms with Gasteiger partial charge in [0, 0.05) is 31.4 Å². The van der Waals surface area contributed by atoms with Crippen LogP contribution in [0.1, 0.15) is 35.3 Å². The van der Waals surface area contributed by atoms with Crippen LogP contribution in [0.3, 0.4) is 0 Å². The highest BCUT2D eigenvalue weighted by Gasteiger charge is 2.12. The SMILES string of the molecule is CCCCN(CCO)C(=O)NCCc1nc(C(=O)O)cs1. The molecular weight excluding hydrogens is 294 g/mol. The average molecular weight is 315 g/mol. The fourth-order valence-electron chi connectivity index (χ4n) is 1.70. The van der Waals surface area contributed by atoms with E-state index >= 15 is 0 Å². The molecule has 0 unspecified atom stereocenters. The third kappa shape index (κ3) is 6.09. The second kappa shape index (κ2) is 9.30. The molecule has 0 radical (unpaired) electrons. The number of aliphatic hydroxyl groups is 1. The molecule has 3 N–H and O–H groups in total. The zero-order valence-electron chi connectivity index (χ0n) is 12.0. The number of nitrogens with zero attached hydrogens (tertiary/aromatic N) is 2. The van der Waals surface area contributed by atoms with Gasteiger partial charge in [0.2, 0.25) is 0 Å². The molecule has 0 aliphatic rings. The van der Waals surface area contributed by atoms with E-state index in [1.54, 1.807) is 4.90 Å². The standard InChI is InChI=1S/C13H21N3O4S/c1-2-3-6-16(7-8-17)13(20)14-5-4-11-15-10(9-21-11)12(18)19/h9,17H,2-8H2,1H3,(H,14,20)(H,18,19). The van der Waals surface area contributed by atoms with Crippen molar-refractivity contribution in [3.8, 4) is 0 Å². The number of amides is 2. The van der Waals surface area contributed by atoms with Crippen LogP contribution in [0.15, 0.2) is 5.38 Å². The predicted octanol–water partition coefficient (Wildman–Crippen LogP) is 1.19. The maximum atomic E-state index is 11.9. The van der Waals surface area contributed by atoms with Crippen LogP contribution in [0, 0.1) is 0 Å². The van der Waals surface area contributed by atoms with Crippen molar-refractivity contribution < 1.29 is 19.8 Å². The molecule has 0 spiro atoms. The van der Waals surface area contributed by atoms with Gasteiger partial charge in [-0.3, -0.25) is 0 Å². The Morgan fingerprint density at radius 2 is 2.19 bits per heavy atom. The van der Waals surface area contributed by atoms with Crippen LogP contribution in [-0.4, -0.2) is 58.3 Å². The lowest BCUT2D eigenvalue weighted by Gasteiger charge is -2.21. The summed E-state index contributed by atoms with van der Waals surface area (Å²) >= 11 is 1.27. The molecule has 7 nitrogen and oxygen atoms in total. The molecule has 118 valence electrons. The van der Waals surface area contributed by atoms with Crippen LogP contribution in [0.2, 0.25) is 0 Å². The third-order valence-corrected chi connectivity index (χ3v) is 3.73. The number of thiazole rings is 1. The van der Waals surface area contributed by atoms with E-state index < -0.39 is 5.97 Å². The molecule has 0 atom stereocenters. The Hall–Kier alpha value is -1.67. The van der Waals surface area contributed by atoms with Crippen LogP contribution in [0.25, 0.3) is 0 Å². The van der Waals surface area contributed by atoms with E-state index in [-0.39, 0.29) is 18.3 Å². The summed E-state index contributed by atoms with van der Waals surface area (Å²) in [6.07, 6.45) is 2.36. The van der Waals surface area contributed by atoms with Gasteiger partial charge in [0.15, 0.2) is 5.69 Å². The van der Waals surface area contributed by atoms with Crippen LogP contribution in [-0.2, 0) is 6.42 Å². The molecule has 1 aromatic rings. The lowest BCUT2D eigenvalue weighted by atomic mass is 10.3. The van der Waals surface area contributed by atoms with Gasteiger partial charge in [0.1, 0.15) is 0 Å². The first kappa shape index (κ1) is 17.4. The molecule has 0 fully saturated rings. The number of hydrogen-bond donors (Lipinski definition) is 3. The molecule has 0 bridgehead atoms. The number of aliphatic hydroxyl groups excluding tert-OH is 1. The molecule has 0 aromatic carbocycles. The summed E-state index contributed by atoms with van der Waals surface area (Å²) < 4.78 is 0. The molecule has 0 saturated carbocycles. The molecule has 0 aliphatic carbocycles. The summed E-state index contributed by atoms with van der Waals surface area (Å²) in [6.45, 7) is 3.29. The van der Waals surface area contributed by atoms with E-state index in [1.165, 1.54) is 16.7 Å². The van der Waals surface area contributed by atoms with Gasteiger partial charge in [-0.2, -0.15) is 0 Å². The summed E-state index contributed by atoms with van der Waals surface area (Å²) in [6, 6.07) is -0.215. The summed E-state index contributed by atoms with van der Waals surface area (Å²) in [4.78, 5) is 28.2. The van der Waals surface area contributed by atoms with Gasteiger partial charge in [0.05, 0.1) is 11.6 Å². The Morgan fingerprint density at radius 1 is 1.43 bits per heavy atom. The van der Waals surface area contributed by atoms with E-state index in [4.69, 9.17) is 10.2 Å². The van der Waals surface area contributed by atoms with Gasteiger partial charge < -0.3 is 20.4 Å². The van der Waals surface area contributed by atoms with Crippen molar-refractivity contribution in [2.75, 3.05) is 26.2 Å². The Labute approximate surface area is 127 Å². The van der Waals surface area contributed by atoms with Crippen molar-refractivity contribution in [2.45, 2.75) is 26.2 Å².